The normalized spacial score (nSPS) is 24.9. The largest absolute Gasteiger partial charge is 0.229 e. The molecule has 1 fully saturated rings. The molecule has 1 unspecified atom stereocenters. The van der Waals surface area contributed by atoms with E-state index in [0.29, 0.717) is 6.42 Å². The van der Waals surface area contributed by atoms with Crippen LogP contribution in [0, 0.1) is 5.92 Å². The van der Waals surface area contributed by atoms with Crippen LogP contribution >= 0.6 is 23.2 Å². The van der Waals surface area contributed by atoms with Crippen molar-refractivity contribution in [1.29, 1.82) is 0 Å². The van der Waals surface area contributed by atoms with Gasteiger partial charge in [-0.3, -0.25) is 0 Å². The van der Waals surface area contributed by atoms with Gasteiger partial charge in [-0.05, 0) is 12.8 Å². The molecule has 0 aliphatic heterocycles. The van der Waals surface area contributed by atoms with Gasteiger partial charge >= 0.3 is 0 Å². The van der Waals surface area contributed by atoms with Crippen LogP contribution in [-0.4, -0.2) is 24.3 Å². The van der Waals surface area contributed by atoms with Gasteiger partial charge in [-0.25, -0.2) is 8.42 Å². The third-order valence-corrected chi connectivity index (χ3v) is 5.22. The van der Waals surface area contributed by atoms with Gasteiger partial charge in [0.05, 0.1) is 11.5 Å². The lowest BCUT2D eigenvalue weighted by Gasteiger charge is -2.03. The van der Waals surface area contributed by atoms with E-state index >= 15 is 0 Å². The van der Waals surface area contributed by atoms with Crippen LogP contribution in [0.2, 0.25) is 0 Å². The summed E-state index contributed by atoms with van der Waals surface area (Å²) in [6.07, 6.45) is 3.37. The zero-order valence-corrected chi connectivity index (χ0v) is 10.6. The minimum absolute atomic E-state index is 0.0440. The molecule has 14 heavy (non-hydrogen) atoms. The van der Waals surface area contributed by atoms with E-state index in [0.717, 1.165) is 19.3 Å². The lowest BCUT2D eigenvalue weighted by atomic mass is 10.3. The molecule has 1 aliphatic rings. The molecule has 2 nitrogen and oxygen atoms in total. The first-order valence-electron chi connectivity index (χ1n) is 4.95. The van der Waals surface area contributed by atoms with E-state index < -0.39 is 14.2 Å². The smallest absolute Gasteiger partial charge is 0.150 e. The van der Waals surface area contributed by atoms with Crippen LogP contribution in [-0.2, 0) is 9.84 Å². The third-order valence-electron chi connectivity index (χ3n) is 2.47. The molecule has 0 heterocycles. The molecule has 84 valence electrons. The molecule has 1 aliphatic carbocycles. The van der Waals surface area contributed by atoms with Crippen molar-refractivity contribution in [2.45, 2.75) is 36.9 Å². The Morgan fingerprint density at radius 2 is 1.93 bits per heavy atom. The van der Waals surface area contributed by atoms with Crippen LogP contribution in [0.15, 0.2) is 0 Å². The highest BCUT2D eigenvalue weighted by atomic mass is 35.5. The molecule has 0 spiro atoms. The molecular weight excluding hydrogens is 243 g/mol. The minimum Gasteiger partial charge on any atom is -0.229 e. The summed E-state index contributed by atoms with van der Waals surface area (Å²) in [5.74, 6) is 0.391. The van der Waals surface area contributed by atoms with Gasteiger partial charge in [-0.1, -0.05) is 19.8 Å². The van der Waals surface area contributed by atoms with Crippen LogP contribution in [0.25, 0.3) is 0 Å². The summed E-state index contributed by atoms with van der Waals surface area (Å²) in [5.41, 5.74) is 0. The average molecular weight is 259 g/mol. The second kappa shape index (κ2) is 4.58. The Labute approximate surface area is 95.9 Å². The summed E-state index contributed by atoms with van der Waals surface area (Å²) in [5, 5.41) is 0. The first kappa shape index (κ1) is 12.6. The summed E-state index contributed by atoms with van der Waals surface area (Å²) >= 11 is 11.6. The predicted molar refractivity (Wildman–Crippen MR) is 60.7 cm³/mol. The fourth-order valence-electron chi connectivity index (χ4n) is 1.41. The first-order chi connectivity index (χ1) is 6.37. The monoisotopic (exact) mass is 258 g/mol. The van der Waals surface area contributed by atoms with E-state index in [1.165, 1.54) is 0 Å². The Morgan fingerprint density at radius 3 is 2.36 bits per heavy atom. The molecule has 0 bridgehead atoms. The van der Waals surface area contributed by atoms with Crippen LogP contribution < -0.4 is 0 Å². The van der Waals surface area contributed by atoms with Crippen molar-refractivity contribution >= 4 is 33.0 Å². The summed E-state index contributed by atoms with van der Waals surface area (Å²) in [4.78, 5) is 0. The molecule has 1 rings (SSSR count). The Morgan fingerprint density at radius 1 is 1.36 bits per heavy atom. The molecule has 0 radical (unpaired) electrons. The quantitative estimate of drug-likeness (QED) is 0.543. The zero-order chi connectivity index (χ0) is 10.8. The zero-order valence-electron chi connectivity index (χ0n) is 8.30. The first-order valence-corrected chi connectivity index (χ1v) is 7.53. The molecule has 1 saturated carbocycles. The standard InChI is InChI=1S/C9H16Cl2O2S/c1-2-3-4-5-14(12,13)7-8-6-9(8,10)11/h8H,2-7H2,1H3. The van der Waals surface area contributed by atoms with Crippen molar-refractivity contribution in [2.75, 3.05) is 11.5 Å². The van der Waals surface area contributed by atoms with Gasteiger partial charge in [0.2, 0.25) is 0 Å². The fraction of sp³-hybridized carbons (Fsp3) is 1.00. The van der Waals surface area contributed by atoms with Gasteiger partial charge in [-0.15, -0.1) is 23.2 Å². The van der Waals surface area contributed by atoms with Crippen LogP contribution in [0.3, 0.4) is 0 Å². The Hall–Kier alpha value is 0.530. The third kappa shape index (κ3) is 3.95. The van der Waals surface area contributed by atoms with E-state index in [9.17, 15) is 8.42 Å². The molecule has 0 aromatic rings. The number of sulfone groups is 1. The van der Waals surface area contributed by atoms with Crippen LogP contribution in [0.4, 0.5) is 0 Å². The molecule has 0 aromatic heterocycles. The molecule has 1 atom stereocenters. The lowest BCUT2D eigenvalue weighted by molar-refractivity contribution is 0.587. The number of rotatable bonds is 6. The maximum atomic E-state index is 11.5. The second-order valence-electron chi connectivity index (χ2n) is 3.98. The van der Waals surface area contributed by atoms with Gasteiger partial charge in [0.25, 0.3) is 0 Å². The number of hydrogen-bond acceptors (Lipinski definition) is 2. The highest BCUT2D eigenvalue weighted by Crippen LogP contribution is 2.53. The van der Waals surface area contributed by atoms with E-state index in [4.69, 9.17) is 23.2 Å². The lowest BCUT2D eigenvalue weighted by Crippen LogP contribution is -2.14. The van der Waals surface area contributed by atoms with E-state index in [1.54, 1.807) is 0 Å². The van der Waals surface area contributed by atoms with Gasteiger partial charge < -0.3 is 0 Å². The summed E-state index contributed by atoms with van der Waals surface area (Å²) in [7, 11) is -2.93. The highest BCUT2D eigenvalue weighted by molar-refractivity contribution is 7.91. The number of alkyl halides is 2. The highest BCUT2D eigenvalue weighted by Gasteiger charge is 2.53. The van der Waals surface area contributed by atoms with E-state index in [2.05, 4.69) is 6.92 Å². The molecular formula is C9H16Cl2O2S. The van der Waals surface area contributed by atoms with Crippen LogP contribution in [0.1, 0.15) is 32.6 Å². The summed E-state index contributed by atoms with van der Waals surface area (Å²) in [6, 6.07) is 0. The Balaban J connectivity index is 2.29. The predicted octanol–water partition coefficient (Wildman–Crippen LogP) is 2.79. The molecule has 5 heteroatoms. The number of hydrogen-bond donors (Lipinski definition) is 0. The SMILES string of the molecule is CCCCCS(=O)(=O)CC1CC1(Cl)Cl. The van der Waals surface area contributed by atoms with Gasteiger partial charge in [-0.2, -0.15) is 0 Å². The summed E-state index contributed by atoms with van der Waals surface area (Å²) in [6.45, 7) is 2.05. The molecule has 0 N–H and O–H groups in total. The van der Waals surface area contributed by atoms with Crippen LogP contribution in [0.5, 0.6) is 0 Å². The van der Waals surface area contributed by atoms with E-state index in [1.807, 2.05) is 0 Å². The number of halogens is 2. The number of unbranched alkanes of at least 4 members (excludes halogenated alkanes) is 2. The van der Waals surface area contributed by atoms with E-state index in [-0.39, 0.29) is 17.4 Å². The molecule has 0 saturated heterocycles. The van der Waals surface area contributed by atoms with Gasteiger partial charge in [0.1, 0.15) is 4.33 Å². The van der Waals surface area contributed by atoms with Crippen molar-refractivity contribution < 1.29 is 8.42 Å². The Bertz CT molecular complexity index is 285. The van der Waals surface area contributed by atoms with Crippen molar-refractivity contribution in [1.82, 2.24) is 0 Å². The average Bonchev–Trinajstić information content (AvgIpc) is 2.57. The Kier molecular flexibility index (Phi) is 4.12. The van der Waals surface area contributed by atoms with Crippen molar-refractivity contribution in [2.24, 2.45) is 5.92 Å². The topological polar surface area (TPSA) is 34.1 Å². The maximum Gasteiger partial charge on any atom is 0.150 e. The maximum absolute atomic E-state index is 11.5. The minimum atomic E-state index is -2.93. The van der Waals surface area contributed by atoms with Gasteiger partial charge in [0, 0.05) is 5.92 Å². The molecule has 0 aromatic carbocycles. The fourth-order valence-corrected chi connectivity index (χ4v) is 3.95. The van der Waals surface area contributed by atoms with Gasteiger partial charge in [0.15, 0.2) is 9.84 Å². The van der Waals surface area contributed by atoms with Crippen molar-refractivity contribution in [3.05, 3.63) is 0 Å². The molecule has 0 amide bonds. The van der Waals surface area contributed by atoms with Crippen molar-refractivity contribution in [3.8, 4) is 0 Å². The van der Waals surface area contributed by atoms with Crippen molar-refractivity contribution in [3.63, 3.8) is 0 Å². The summed E-state index contributed by atoms with van der Waals surface area (Å²) < 4.78 is 22.3. The second-order valence-corrected chi connectivity index (χ2v) is 7.75.